The first-order valence-electron chi connectivity index (χ1n) is 7.91. The van der Waals surface area contributed by atoms with Crippen LogP contribution in [0.5, 0.6) is 0 Å². The zero-order valence-corrected chi connectivity index (χ0v) is 12.9. The van der Waals surface area contributed by atoms with Gasteiger partial charge in [0.2, 0.25) is 17.7 Å². The van der Waals surface area contributed by atoms with Crippen molar-refractivity contribution in [1.82, 2.24) is 15.1 Å². The van der Waals surface area contributed by atoms with E-state index in [4.69, 9.17) is 0 Å². The molecule has 0 aliphatic carbocycles. The van der Waals surface area contributed by atoms with Crippen molar-refractivity contribution >= 4 is 17.7 Å². The van der Waals surface area contributed by atoms with E-state index in [2.05, 4.69) is 5.32 Å². The molecule has 1 N–H and O–H groups in total. The maximum Gasteiger partial charge on any atom is 0.247 e. The summed E-state index contributed by atoms with van der Waals surface area (Å²) < 4.78 is 0. The molecule has 2 atom stereocenters. The minimum absolute atomic E-state index is 0.0527. The Morgan fingerprint density at radius 2 is 2.00 bits per heavy atom. The Bertz CT molecular complexity index is 418. The second kappa shape index (κ2) is 7.02. The molecule has 0 aromatic rings. The summed E-state index contributed by atoms with van der Waals surface area (Å²) in [6.45, 7) is 5.99. The molecule has 0 spiro atoms. The van der Waals surface area contributed by atoms with Gasteiger partial charge in [-0.05, 0) is 26.2 Å². The van der Waals surface area contributed by atoms with Gasteiger partial charge in [-0.3, -0.25) is 19.3 Å². The van der Waals surface area contributed by atoms with Crippen molar-refractivity contribution in [2.24, 2.45) is 0 Å². The largest absolute Gasteiger partial charge is 0.343 e. The van der Waals surface area contributed by atoms with Crippen molar-refractivity contribution < 1.29 is 14.4 Å². The maximum atomic E-state index is 12.2. The van der Waals surface area contributed by atoms with Gasteiger partial charge in [-0.25, -0.2) is 0 Å². The van der Waals surface area contributed by atoms with Crippen LogP contribution in [0.15, 0.2) is 0 Å². The van der Waals surface area contributed by atoms with Crippen LogP contribution in [0, 0.1) is 0 Å². The highest BCUT2D eigenvalue weighted by atomic mass is 16.2. The first-order valence-corrected chi connectivity index (χ1v) is 7.91. The molecular formula is C15H25N3O3. The summed E-state index contributed by atoms with van der Waals surface area (Å²) in [6.07, 6.45) is 3.53. The van der Waals surface area contributed by atoms with Crippen molar-refractivity contribution in [2.75, 3.05) is 19.6 Å². The molecule has 2 unspecified atom stereocenters. The van der Waals surface area contributed by atoms with Crippen LogP contribution in [-0.2, 0) is 14.4 Å². The molecule has 0 aromatic carbocycles. The Labute approximate surface area is 125 Å². The number of likely N-dealkylation sites (tertiary alicyclic amines) is 2. The molecule has 118 valence electrons. The number of carbonyl (C=O) groups is 3. The lowest BCUT2D eigenvalue weighted by Gasteiger charge is -2.21. The quantitative estimate of drug-likeness (QED) is 0.725. The molecule has 2 saturated heterocycles. The molecule has 2 aliphatic rings. The highest BCUT2D eigenvalue weighted by molar-refractivity contribution is 6.05. The van der Waals surface area contributed by atoms with Crippen LogP contribution in [0.2, 0.25) is 0 Å². The fourth-order valence-corrected chi connectivity index (χ4v) is 2.93. The third-order valence-electron chi connectivity index (χ3n) is 4.40. The standard InChI is InChI=1S/C15H25N3O3/c1-3-11(2)18-14(20)10-12(15(18)21)16-7-6-13(19)17-8-4-5-9-17/h11-12,16H,3-10H2,1-2H3. The molecule has 0 bridgehead atoms. The summed E-state index contributed by atoms with van der Waals surface area (Å²) in [4.78, 5) is 39.2. The van der Waals surface area contributed by atoms with E-state index >= 15 is 0 Å². The lowest BCUT2D eigenvalue weighted by Crippen LogP contribution is -2.43. The number of rotatable bonds is 6. The first-order chi connectivity index (χ1) is 10.0. The van der Waals surface area contributed by atoms with E-state index in [1.165, 1.54) is 4.90 Å². The Morgan fingerprint density at radius 3 is 2.62 bits per heavy atom. The molecule has 6 nitrogen and oxygen atoms in total. The molecule has 21 heavy (non-hydrogen) atoms. The van der Waals surface area contributed by atoms with Crippen LogP contribution in [-0.4, -0.2) is 59.2 Å². The summed E-state index contributed by atoms with van der Waals surface area (Å²) in [6, 6.07) is -0.513. The molecular weight excluding hydrogens is 270 g/mol. The fourth-order valence-electron chi connectivity index (χ4n) is 2.93. The molecule has 0 saturated carbocycles. The van der Waals surface area contributed by atoms with Crippen LogP contribution < -0.4 is 5.32 Å². The van der Waals surface area contributed by atoms with Gasteiger partial charge in [0, 0.05) is 32.1 Å². The van der Waals surface area contributed by atoms with E-state index in [9.17, 15) is 14.4 Å². The lowest BCUT2D eigenvalue weighted by molar-refractivity contribution is -0.141. The fraction of sp³-hybridized carbons (Fsp3) is 0.800. The predicted octanol–water partition coefficient (Wildman–Crippen LogP) is 0.515. The summed E-state index contributed by atoms with van der Waals surface area (Å²) in [7, 11) is 0. The number of carbonyl (C=O) groups excluding carboxylic acids is 3. The highest BCUT2D eigenvalue weighted by Gasteiger charge is 2.40. The first kappa shape index (κ1) is 15.9. The monoisotopic (exact) mass is 295 g/mol. The van der Waals surface area contributed by atoms with Crippen LogP contribution in [0.4, 0.5) is 0 Å². The molecule has 0 radical (unpaired) electrons. The van der Waals surface area contributed by atoms with Gasteiger partial charge in [-0.1, -0.05) is 6.92 Å². The minimum atomic E-state index is -0.460. The minimum Gasteiger partial charge on any atom is -0.343 e. The highest BCUT2D eigenvalue weighted by Crippen LogP contribution is 2.18. The number of hydrogen-bond donors (Lipinski definition) is 1. The van der Waals surface area contributed by atoms with Gasteiger partial charge in [-0.15, -0.1) is 0 Å². The average molecular weight is 295 g/mol. The normalized spacial score (nSPS) is 24.0. The van der Waals surface area contributed by atoms with E-state index in [-0.39, 0.29) is 30.2 Å². The van der Waals surface area contributed by atoms with Crippen molar-refractivity contribution in [3.05, 3.63) is 0 Å². The molecule has 2 rings (SSSR count). The number of amides is 3. The molecule has 3 amide bonds. The van der Waals surface area contributed by atoms with Gasteiger partial charge in [0.15, 0.2) is 0 Å². The lowest BCUT2D eigenvalue weighted by atomic mass is 10.2. The second-order valence-electron chi connectivity index (χ2n) is 5.91. The van der Waals surface area contributed by atoms with Gasteiger partial charge in [0.1, 0.15) is 0 Å². The van der Waals surface area contributed by atoms with Gasteiger partial charge >= 0.3 is 0 Å². The maximum absolute atomic E-state index is 12.2. The number of nitrogens with zero attached hydrogens (tertiary/aromatic N) is 2. The molecule has 2 fully saturated rings. The van der Waals surface area contributed by atoms with Gasteiger partial charge in [0.25, 0.3) is 0 Å². The average Bonchev–Trinajstić information content (AvgIpc) is 3.07. The second-order valence-corrected chi connectivity index (χ2v) is 5.91. The van der Waals surface area contributed by atoms with Crippen LogP contribution >= 0.6 is 0 Å². The molecule has 2 heterocycles. The van der Waals surface area contributed by atoms with Gasteiger partial charge in [0.05, 0.1) is 12.5 Å². The predicted molar refractivity (Wildman–Crippen MR) is 78.4 cm³/mol. The van der Waals surface area contributed by atoms with E-state index in [0.717, 1.165) is 32.4 Å². The SMILES string of the molecule is CCC(C)N1C(=O)CC(NCCC(=O)N2CCCC2)C1=O. The van der Waals surface area contributed by atoms with Crippen molar-refractivity contribution in [3.8, 4) is 0 Å². The summed E-state index contributed by atoms with van der Waals surface area (Å²) >= 11 is 0. The van der Waals surface area contributed by atoms with E-state index in [1.54, 1.807) is 0 Å². The van der Waals surface area contributed by atoms with Crippen LogP contribution in [0.25, 0.3) is 0 Å². The molecule has 6 heteroatoms. The van der Waals surface area contributed by atoms with E-state index < -0.39 is 6.04 Å². The summed E-state index contributed by atoms with van der Waals surface area (Å²) in [5.41, 5.74) is 0. The van der Waals surface area contributed by atoms with Crippen LogP contribution in [0.3, 0.4) is 0 Å². The molecule has 2 aliphatic heterocycles. The van der Waals surface area contributed by atoms with E-state index in [1.807, 2.05) is 18.7 Å². The van der Waals surface area contributed by atoms with Crippen LogP contribution in [0.1, 0.15) is 46.0 Å². The summed E-state index contributed by atoms with van der Waals surface area (Å²) in [5.74, 6) is -0.128. The number of imide groups is 1. The Morgan fingerprint density at radius 1 is 1.33 bits per heavy atom. The number of nitrogens with one attached hydrogen (secondary N) is 1. The van der Waals surface area contributed by atoms with Crippen molar-refractivity contribution in [2.45, 2.75) is 58.0 Å². The van der Waals surface area contributed by atoms with Crippen molar-refractivity contribution in [1.29, 1.82) is 0 Å². The zero-order chi connectivity index (χ0) is 15.4. The zero-order valence-electron chi connectivity index (χ0n) is 12.9. The molecule has 0 aromatic heterocycles. The third-order valence-corrected chi connectivity index (χ3v) is 4.40. The third kappa shape index (κ3) is 3.61. The van der Waals surface area contributed by atoms with Crippen molar-refractivity contribution in [3.63, 3.8) is 0 Å². The van der Waals surface area contributed by atoms with Gasteiger partial charge in [-0.2, -0.15) is 0 Å². The van der Waals surface area contributed by atoms with E-state index in [0.29, 0.717) is 13.0 Å². The Balaban J connectivity index is 1.77. The Kier molecular flexibility index (Phi) is 5.33. The number of hydrogen-bond acceptors (Lipinski definition) is 4. The topological polar surface area (TPSA) is 69.7 Å². The Hall–Kier alpha value is -1.43. The smallest absolute Gasteiger partial charge is 0.247 e. The van der Waals surface area contributed by atoms with Gasteiger partial charge < -0.3 is 10.2 Å². The summed E-state index contributed by atoms with van der Waals surface area (Å²) in [5, 5.41) is 3.07.